The summed E-state index contributed by atoms with van der Waals surface area (Å²) >= 11 is 3.31. The Morgan fingerprint density at radius 1 is 1.50 bits per heavy atom. The SMILES string of the molecule is COC(=O)CSc1nnc(NS(=O)(=O)c2cccs2)s1. The molecule has 1 N–H and O–H groups in total. The molecule has 2 rings (SSSR count). The molecule has 0 fully saturated rings. The molecule has 2 heterocycles. The van der Waals surface area contributed by atoms with Gasteiger partial charge in [-0.3, -0.25) is 9.52 Å². The molecule has 2 aromatic heterocycles. The normalized spacial score (nSPS) is 11.2. The Hall–Kier alpha value is -1.17. The van der Waals surface area contributed by atoms with Gasteiger partial charge in [-0.25, -0.2) is 8.42 Å². The van der Waals surface area contributed by atoms with Crippen LogP contribution in [-0.2, 0) is 19.6 Å². The Balaban J connectivity index is 2.01. The van der Waals surface area contributed by atoms with Crippen molar-refractivity contribution in [2.45, 2.75) is 8.55 Å². The molecule has 0 bridgehead atoms. The van der Waals surface area contributed by atoms with Crippen molar-refractivity contribution in [2.24, 2.45) is 0 Å². The summed E-state index contributed by atoms with van der Waals surface area (Å²) in [6, 6.07) is 3.15. The van der Waals surface area contributed by atoms with Gasteiger partial charge in [0.15, 0.2) is 4.34 Å². The fraction of sp³-hybridized carbons (Fsp3) is 0.222. The molecule has 2 aromatic rings. The Kier molecular flexibility index (Phi) is 4.96. The third kappa shape index (κ3) is 3.91. The van der Waals surface area contributed by atoms with Gasteiger partial charge in [-0.15, -0.1) is 21.5 Å². The lowest BCUT2D eigenvalue weighted by Crippen LogP contribution is -2.11. The molecule has 0 aliphatic carbocycles. The number of methoxy groups -OCH3 is 1. The standard InChI is InChI=1S/C9H9N3O4S4/c1-16-6(13)5-18-9-11-10-8(19-9)12-20(14,15)7-3-2-4-17-7/h2-4H,5H2,1H3,(H,10,12). The predicted molar refractivity (Wildman–Crippen MR) is 77.8 cm³/mol. The van der Waals surface area contributed by atoms with E-state index < -0.39 is 10.0 Å². The lowest BCUT2D eigenvalue weighted by atomic mass is 10.7. The number of carbonyl (C=O) groups is 1. The van der Waals surface area contributed by atoms with E-state index in [1.54, 1.807) is 11.4 Å². The van der Waals surface area contributed by atoms with Gasteiger partial charge in [0.25, 0.3) is 10.0 Å². The summed E-state index contributed by atoms with van der Waals surface area (Å²) in [4.78, 5) is 11.0. The number of nitrogens with zero attached hydrogens (tertiary/aromatic N) is 2. The van der Waals surface area contributed by atoms with Crippen LogP contribution in [0.5, 0.6) is 0 Å². The molecule has 0 spiro atoms. The molecule has 108 valence electrons. The van der Waals surface area contributed by atoms with Crippen LogP contribution in [0.1, 0.15) is 0 Å². The summed E-state index contributed by atoms with van der Waals surface area (Å²) in [6.45, 7) is 0. The summed E-state index contributed by atoms with van der Waals surface area (Å²) in [6.07, 6.45) is 0. The molecule has 0 amide bonds. The first kappa shape index (κ1) is 15.2. The van der Waals surface area contributed by atoms with Gasteiger partial charge in [-0.05, 0) is 11.4 Å². The van der Waals surface area contributed by atoms with Gasteiger partial charge in [-0.1, -0.05) is 29.2 Å². The topological polar surface area (TPSA) is 98.2 Å². The molecule has 11 heteroatoms. The van der Waals surface area contributed by atoms with Crippen LogP contribution < -0.4 is 4.72 Å². The van der Waals surface area contributed by atoms with Gasteiger partial charge in [0.1, 0.15) is 4.21 Å². The Morgan fingerprint density at radius 3 is 2.95 bits per heavy atom. The molecule has 0 saturated heterocycles. The van der Waals surface area contributed by atoms with Gasteiger partial charge < -0.3 is 4.74 Å². The van der Waals surface area contributed by atoms with Crippen LogP contribution in [0.2, 0.25) is 0 Å². The number of sulfonamides is 1. The second-order valence-electron chi connectivity index (χ2n) is 3.28. The number of ether oxygens (including phenoxy) is 1. The number of thiophene rings is 1. The van der Waals surface area contributed by atoms with Crippen molar-refractivity contribution >= 4 is 55.6 Å². The monoisotopic (exact) mass is 351 g/mol. The first-order valence-electron chi connectivity index (χ1n) is 5.11. The third-order valence-electron chi connectivity index (χ3n) is 1.93. The van der Waals surface area contributed by atoms with Crippen molar-refractivity contribution in [3.63, 3.8) is 0 Å². The minimum Gasteiger partial charge on any atom is -0.468 e. The number of hydrogen-bond acceptors (Lipinski definition) is 9. The van der Waals surface area contributed by atoms with Crippen molar-refractivity contribution in [3.8, 4) is 0 Å². The largest absolute Gasteiger partial charge is 0.468 e. The van der Waals surface area contributed by atoms with E-state index in [9.17, 15) is 13.2 Å². The van der Waals surface area contributed by atoms with Crippen molar-refractivity contribution < 1.29 is 17.9 Å². The number of aromatic nitrogens is 2. The van der Waals surface area contributed by atoms with Crippen molar-refractivity contribution in [1.82, 2.24) is 10.2 Å². The highest BCUT2D eigenvalue weighted by atomic mass is 32.2. The van der Waals surface area contributed by atoms with Gasteiger partial charge >= 0.3 is 5.97 Å². The summed E-state index contributed by atoms with van der Waals surface area (Å²) < 4.78 is 31.4. The summed E-state index contributed by atoms with van der Waals surface area (Å²) in [5.74, 6) is -0.283. The predicted octanol–water partition coefficient (Wildman–Crippen LogP) is 1.67. The fourth-order valence-electron chi connectivity index (χ4n) is 1.07. The van der Waals surface area contributed by atoms with Crippen molar-refractivity contribution in [1.29, 1.82) is 0 Å². The van der Waals surface area contributed by atoms with Crippen LogP contribution in [0.4, 0.5) is 5.13 Å². The first-order valence-corrected chi connectivity index (χ1v) is 9.27. The summed E-state index contributed by atoms with van der Waals surface area (Å²) in [5, 5.41) is 9.34. The third-order valence-corrected chi connectivity index (χ3v) is 6.74. The van der Waals surface area contributed by atoms with E-state index in [0.29, 0.717) is 4.34 Å². The highest BCUT2D eigenvalue weighted by Crippen LogP contribution is 2.27. The Bertz CT molecular complexity index is 680. The van der Waals surface area contributed by atoms with Gasteiger partial charge in [-0.2, -0.15) is 0 Å². The zero-order valence-corrected chi connectivity index (χ0v) is 13.4. The highest BCUT2D eigenvalue weighted by molar-refractivity contribution is 8.01. The second-order valence-corrected chi connectivity index (χ2v) is 8.33. The summed E-state index contributed by atoms with van der Waals surface area (Å²) in [5.41, 5.74) is 0. The molecule has 0 unspecified atom stereocenters. The Labute approximate surface area is 127 Å². The van der Waals surface area contributed by atoms with Gasteiger partial charge in [0.05, 0.1) is 12.9 Å². The average Bonchev–Trinajstić information content (AvgIpc) is 3.06. The summed E-state index contributed by atoms with van der Waals surface area (Å²) in [7, 11) is -2.32. The molecule has 0 saturated carbocycles. The number of rotatable bonds is 6. The molecule has 0 radical (unpaired) electrons. The average molecular weight is 351 g/mol. The van der Waals surface area contributed by atoms with Crippen LogP contribution in [-0.4, -0.2) is 37.4 Å². The maximum absolute atomic E-state index is 11.9. The molecular weight excluding hydrogens is 342 g/mol. The molecule has 0 aromatic carbocycles. The zero-order valence-electron chi connectivity index (χ0n) is 10.1. The van der Waals surface area contributed by atoms with E-state index in [2.05, 4.69) is 19.7 Å². The van der Waals surface area contributed by atoms with E-state index in [1.807, 2.05) is 0 Å². The van der Waals surface area contributed by atoms with Crippen molar-refractivity contribution in [3.05, 3.63) is 17.5 Å². The zero-order chi connectivity index (χ0) is 14.6. The highest BCUT2D eigenvalue weighted by Gasteiger charge is 2.18. The Morgan fingerprint density at radius 2 is 2.30 bits per heavy atom. The van der Waals surface area contributed by atoms with E-state index >= 15 is 0 Å². The van der Waals surface area contributed by atoms with Gasteiger partial charge in [0, 0.05) is 0 Å². The molecule has 0 aliphatic rings. The van der Waals surface area contributed by atoms with E-state index in [4.69, 9.17) is 0 Å². The molecule has 0 aliphatic heterocycles. The minimum absolute atomic E-state index is 0.100. The number of thioether (sulfide) groups is 1. The lowest BCUT2D eigenvalue weighted by molar-refractivity contribution is -0.137. The molecular formula is C9H9N3O4S4. The number of nitrogens with one attached hydrogen (secondary N) is 1. The molecule has 20 heavy (non-hydrogen) atoms. The second kappa shape index (κ2) is 6.52. The van der Waals surface area contributed by atoms with E-state index in [0.717, 1.165) is 34.4 Å². The van der Waals surface area contributed by atoms with Crippen LogP contribution in [0, 0.1) is 0 Å². The smallest absolute Gasteiger partial charge is 0.316 e. The first-order chi connectivity index (χ1) is 9.51. The lowest BCUT2D eigenvalue weighted by Gasteiger charge is -2.00. The van der Waals surface area contributed by atoms with Crippen molar-refractivity contribution in [2.75, 3.05) is 17.6 Å². The number of esters is 1. The van der Waals surface area contributed by atoms with Crippen LogP contribution in [0.25, 0.3) is 0 Å². The van der Waals surface area contributed by atoms with Crippen LogP contribution >= 0.6 is 34.4 Å². The number of anilines is 1. The van der Waals surface area contributed by atoms with E-state index in [-0.39, 0.29) is 21.1 Å². The van der Waals surface area contributed by atoms with E-state index in [1.165, 1.54) is 13.2 Å². The quantitative estimate of drug-likeness (QED) is 0.624. The minimum atomic E-state index is -3.62. The molecule has 0 atom stereocenters. The van der Waals surface area contributed by atoms with Gasteiger partial charge in [0.2, 0.25) is 5.13 Å². The number of hydrogen-bond donors (Lipinski definition) is 1. The molecule has 7 nitrogen and oxygen atoms in total. The number of carbonyl (C=O) groups excluding carboxylic acids is 1. The van der Waals surface area contributed by atoms with Crippen LogP contribution in [0.15, 0.2) is 26.1 Å². The fourth-order valence-corrected chi connectivity index (χ4v) is 4.88. The maximum atomic E-state index is 11.9. The maximum Gasteiger partial charge on any atom is 0.316 e. The van der Waals surface area contributed by atoms with Crippen LogP contribution in [0.3, 0.4) is 0 Å².